The van der Waals surface area contributed by atoms with E-state index in [0.717, 1.165) is 33.3 Å². The van der Waals surface area contributed by atoms with Crippen molar-refractivity contribution in [3.8, 4) is 0 Å². The Kier molecular flexibility index (Phi) is 4.20. The van der Waals surface area contributed by atoms with Crippen LogP contribution in [0.25, 0.3) is 27.3 Å². The van der Waals surface area contributed by atoms with E-state index in [0.29, 0.717) is 19.4 Å². The molecule has 0 aliphatic heterocycles. The highest BCUT2D eigenvalue weighted by Gasteiger charge is 2.18. The number of aryl methyl sites for hydroxylation is 1. The summed E-state index contributed by atoms with van der Waals surface area (Å²) in [6.45, 7) is 8.28. The second-order valence-electron chi connectivity index (χ2n) is 5.65. The van der Waals surface area contributed by atoms with Gasteiger partial charge in [0, 0.05) is 17.4 Å². The lowest BCUT2D eigenvalue weighted by Gasteiger charge is -2.04. The van der Waals surface area contributed by atoms with Gasteiger partial charge < -0.3 is 9.15 Å². The summed E-state index contributed by atoms with van der Waals surface area (Å²) in [4.78, 5) is 11.6. The smallest absolute Gasteiger partial charge is 0.306 e. The molecule has 0 bridgehead atoms. The highest BCUT2D eigenvalue weighted by atomic mass is 16.5. The van der Waals surface area contributed by atoms with Crippen LogP contribution in [-0.2, 0) is 16.0 Å². The summed E-state index contributed by atoms with van der Waals surface area (Å²) >= 11 is 0. The van der Waals surface area contributed by atoms with E-state index >= 15 is 0 Å². The number of carbonyl (C=O) groups is 1. The second kappa shape index (κ2) is 6.29. The molecule has 3 aromatic rings. The number of hydrogen-bond acceptors (Lipinski definition) is 3. The van der Waals surface area contributed by atoms with Crippen molar-refractivity contribution in [1.82, 2.24) is 0 Å². The number of ether oxygens (including phenoxy) is 1. The summed E-state index contributed by atoms with van der Waals surface area (Å²) in [5.41, 5.74) is 2.79. The fourth-order valence-electron chi connectivity index (χ4n) is 2.99. The summed E-state index contributed by atoms with van der Waals surface area (Å²) in [5.74, 6) is 0.599. The fourth-order valence-corrected chi connectivity index (χ4v) is 2.99. The van der Waals surface area contributed by atoms with Crippen LogP contribution in [0.15, 0.2) is 47.4 Å². The predicted molar refractivity (Wildman–Crippen MR) is 93.4 cm³/mol. The van der Waals surface area contributed by atoms with E-state index in [1.54, 1.807) is 0 Å². The molecule has 0 aliphatic carbocycles. The first-order valence-corrected chi connectivity index (χ1v) is 7.86. The molecule has 118 valence electrons. The zero-order chi connectivity index (χ0) is 16.4. The van der Waals surface area contributed by atoms with Gasteiger partial charge in [-0.25, -0.2) is 0 Å². The number of benzene rings is 2. The first-order valence-electron chi connectivity index (χ1n) is 7.86. The lowest BCUT2D eigenvalue weighted by Crippen LogP contribution is -2.05. The highest BCUT2D eigenvalue weighted by Crippen LogP contribution is 2.36. The Bertz CT molecular complexity index is 886. The van der Waals surface area contributed by atoms with Crippen molar-refractivity contribution in [2.75, 3.05) is 6.61 Å². The van der Waals surface area contributed by atoms with Crippen molar-refractivity contribution in [2.45, 2.75) is 26.7 Å². The molecule has 0 aliphatic rings. The molecule has 0 atom stereocenters. The zero-order valence-corrected chi connectivity index (χ0v) is 13.5. The minimum atomic E-state index is -0.203. The van der Waals surface area contributed by atoms with Crippen LogP contribution in [-0.4, -0.2) is 12.6 Å². The summed E-state index contributed by atoms with van der Waals surface area (Å²) in [6.07, 6.45) is 0.829. The van der Waals surface area contributed by atoms with E-state index in [4.69, 9.17) is 9.15 Å². The molecular weight excluding hydrogens is 288 g/mol. The van der Waals surface area contributed by atoms with Crippen molar-refractivity contribution in [3.05, 3.63) is 54.3 Å². The Morgan fingerprint density at radius 1 is 1.22 bits per heavy atom. The lowest BCUT2D eigenvalue weighted by atomic mass is 9.98. The number of rotatable bonds is 5. The third kappa shape index (κ3) is 2.87. The minimum absolute atomic E-state index is 0.203. The van der Waals surface area contributed by atoms with Crippen LogP contribution in [0.3, 0.4) is 0 Å². The molecular formula is C20H20O3. The predicted octanol–water partition coefficient (Wildman–Crippen LogP) is 5.11. The van der Waals surface area contributed by atoms with Gasteiger partial charge in [-0.2, -0.15) is 0 Å². The van der Waals surface area contributed by atoms with Crippen LogP contribution in [0.5, 0.6) is 0 Å². The molecule has 0 spiro atoms. The number of carbonyl (C=O) groups excluding carboxylic acids is 1. The molecule has 23 heavy (non-hydrogen) atoms. The van der Waals surface area contributed by atoms with Gasteiger partial charge in [-0.15, -0.1) is 0 Å². The first kappa shape index (κ1) is 15.3. The standard InChI is InChI=1S/C20H20O3/c1-4-22-18(21)12-11-16-19(13(2)3)20-15-8-6-5-7-14(15)9-10-17(20)23-16/h5-10H,2,4,11-12H2,1,3H3. The van der Waals surface area contributed by atoms with Crippen LogP contribution in [0.1, 0.15) is 31.6 Å². The van der Waals surface area contributed by atoms with Crippen LogP contribution in [0.4, 0.5) is 0 Å². The van der Waals surface area contributed by atoms with Gasteiger partial charge in [0.15, 0.2) is 0 Å². The maximum Gasteiger partial charge on any atom is 0.306 e. The number of fused-ring (bicyclic) bond motifs is 3. The Morgan fingerprint density at radius 3 is 2.74 bits per heavy atom. The average Bonchev–Trinajstić information content (AvgIpc) is 2.92. The largest absolute Gasteiger partial charge is 0.466 e. The van der Waals surface area contributed by atoms with Gasteiger partial charge in [-0.3, -0.25) is 4.79 Å². The maximum absolute atomic E-state index is 11.6. The molecule has 0 fully saturated rings. The van der Waals surface area contributed by atoms with Gasteiger partial charge in [-0.05, 0) is 36.3 Å². The minimum Gasteiger partial charge on any atom is -0.466 e. The Balaban J connectivity index is 2.11. The summed E-state index contributed by atoms with van der Waals surface area (Å²) in [6, 6.07) is 12.3. The van der Waals surface area contributed by atoms with E-state index in [-0.39, 0.29) is 5.97 Å². The molecule has 1 aromatic heterocycles. The van der Waals surface area contributed by atoms with Crippen molar-refractivity contribution >= 4 is 33.3 Å². The Hall–Kier alpha value is -2.55. The van der Waals surface area contributed by atoms with E-state index in [1.165, 1.54) is 5.39 Å². The van der Waals surface area contributed by atoms with Gasteiger partial charge in [0.2, 0.25) is 0 Å². The first-order chi connectivity index (χ1) is 11.1. The van der Waals surface area contributed by atoms with Gasteiger partial charge in [0.1, 0.15) is 11.3 Å². The Morgan fingerprint density at radius 2 is 2.00 bits per heavy atom. The third-order valence-electron chi connectivity index (χ3n) is 3.94. The molecule has 0 unspecified atom stereocenters. The fraction of sp³-hybridized carbons (Fsp3) is 0.250. The van der Waals surface area contributed by atoms with E-state index in [9.17, 15) is 4.79 Å². The van der Waals surface area contributed by atoms with Gasteiger partial charge in [-0.1, -0.05) is 36.9 Å². The monoisotopic (exact) mass is 308 g/mol. The molecule has 0 radical (unpaired) electrons. The van der Waals surface area contributed by atoms with Gasteiger partial charge in [0.05, 0.1) is 13.0 Å². The number of hydrogen-bond donors (Lipinski definition) is 0. The van der Waals surface area contributed by atoms with Crippen LogP contribution < -0.4 is 0 Å². The normalized spacial score (nSPS) is 11.0. The molecule has 0 amide bonds. The summed E-state index contributed by atoms with van der Waals surface area (Å²) in [5, 5.41) is 3.39. The molecule has 0 saturated carbocycles. The van der Waals surface area contributed by atoms with Crippen molar-refractivity contribution in [2.24, 2.45) is 0 Å². The number of allylic oxidation sites excluding steroid dienone is 1. The summed E-state index contributed by atoms with van der Waals surface area (Å²) in [7, 11) is 0. The molecule has 0 N–H and O–H groups in total. The maximum atomic E-state index is 11.6. The molecule has 0 saturated heterocycles. The molecule has 3 rings (SSSR count). The van der Waals surface area contributed by atoms with E-state index in [2.05, 4.69) is 24.8 Å². The molecule has 2 aromatic carbocycles. The van der Waals surface area contributed by atoms with Crippen LogP contribution in [0, 0.1) is 0 Å². The van der Waals surface area contributed by atoms with Crippen molar-refractivity contribution in [1.29, 1.82) is 0 Å². The number of furan rings is 1. The van der Waals surface area contributed by atoms with Crippen LogP contribution >= 0.6 is 0 Å². The van der Waals surface area contributed by atoms with Gasteiger partial charge >= 0.3 is 5.97 Å². The Labute approximate surface area is 135 Å². The molecule has 3 nitrogen and oxygen atoms in total. The van der Waals surface area contributed by atoms with Crippen molar-refractivity contribution < 1.29 is 13.9 Å². The zero-order valence-electron chi connectivity index (χ0n) is 13.5. The average molecular weight is 308 g/mol. The second-order valence-corrected chi connectivity index (χ2v) is 5.65. The molecule has 3 heteroatoms. The van der Waals surface area contributed by atoms with E-state index in [1.807, 2.05) is 32.0 Å². The topological polar surface area (TPSA) is 39.4 Å². The highest BCUT2D eigenvalue weighted by molar-refractivity contribution is 6.11. The quantitative estimate of drug-likeness (QED) is 0.614. The SMILES string of the molecule is C=C(C)c1c(CCC(=O)OCC)oc2ccc3ccccc3c12. The van der Waals surface area contributed by atoms with Gasteiger partial charge in [0.25, 0.3) is 0 Å². The lowest BCUT2D eigenvalue weighted by molar-refractivity contribution is -0.143. The van der Waals surface area contributed by atoms with Crippen LogP contribution in [0.2, 0.25) is 0 Å². The molecule has 1 heterocycles. The summed E-state index contributed by atoms with van der Waals surface area (Å²) < 4.78 is 11.0. The third-order valence-corrected chi connectivity index (χ3v) is 3.94. The van der Waals surface area contributed by atoms with E-state index < -0.39 is 0 Å². The van der Waals surface area contributed by atoms with Crippen molar-refractivity contribution in [3.63, 3.8) is 0 Å². The number of esters is 1.